The van der Waals surface area contributed by atoms with Crippen molar-refractivity contribution >= 4 is 11.6 Å². The van der Waals surface area contributed by atoms with Crippen LogP contribution in [0.2, 0.25) is 5.02 Å². The maximum atomic E-state index is 12.3. The van der Waals surface area contributed by atoms with Crippen molar-refractivity contribution in [1.82, 2.24) is 4.98 Å². The summed E-state index contributed by atoms with van der Waals surface area (Å²) in [6.45, 7) is 0. The number of hydrogen-bond acceptors (Lipinski definition) is 2. The normalized spacial score (nSPS) is 11.6. The first-order chi connectivity index (χ1) is 7.27. The molecule has 0 aromatic carbocycles. The summed E-state index contributed by atoms with van der Waals surface area (Å²) in [6, 6.07) is 1.60. The van der Waals surface area contributed by atoms with E-state index in [1.54, 1.807) is 0 Å². The number of rotatable bonds is 1. The van der Waals surface area contributed by atoms with E-state index in [4.69, 9.17) is 16.9 Å². The molecule has 0 saturated carbocycles. The lowest BCUT2D eigenvalue weighted by Crippen LogP contribution is -2.12. The number of halogens is 6. The number of pyridine rings is 1. The van der Waals surface area contributed by atoms with Crippen LogP contribution in [0.1, 0.15) is 23.4 Å². The average Bonchev–Trinajstić information content (AvgIpc) is 2.15. The minimum absolute atomic E-state index is 0.272. The van der Waals surface area contributed by atoms with Gasteiger partial charge in [0.05, 0.1) is 10.6 Å². The molecule has 0 spiro atoms. The fourth-order valence-electron chi connectivity index (χ4n) is 0.975. The SMILES string of the molecule is N#Cc1nc(C(F)F)c(C(F)(F)F)cc1Cl. The monoisotopic (exact) mass is 256 g/mol. The van der Waals surface area contributed by atoms with E-state index in [-0.39, 0.29) is 6.07 Å². The fourth-order valence-corrected chi connectivity index (χ4v) is 1.17. The van der Waals surface area contributed by atoms with Crippen LogP contribution in [0.25, 0.3) is 0 Å². The third-order valence-corrected chi connectivity index (χ3v) is 1.91. The van der Waals surface area contributed by atoms with Crippen LogP contribution in [0.15, 0.2) is 6.07 Å². The Bertz CT molecular complexity index is 449. The van der Waals surface area contributed by atoms with Gasteiger partial charge in [-0.2, -0.15) is 18.4 Å². The molecule has 8 heteroatoms. The first-order valence-electron chi connectivity index (χ1n) is 3.73. The molecule has 0 unspecified atom stereocenters. The van der Waals surface area contributed by atoms with Crippen LogP contribution in [0.3, 0.4) is 0 Å². The summed E-state index contributed by atoms with van der Waals surface area (Å²) in [4.78, 5) is 2.89. The standard InChI is InChI=1S/C8H2ClF5N2/c9-4-1-3(8(12,13)14)6(7(10)11)16-5(4)2-15/h1,7H. The molecule has 0 atom stereocenters. The molecule has 0 N–H and O–H groups in total. The highest BCUT2D eigenvalue weighted by Gasteiger charge is 2.37. The quantitative estimate of drug-likeness (QED) is 0.720. The molecule has 0 saturated heterocycles. The minimum Gasteiger partial charge on any atom is -0.234 e. The number of nitriles is 1. The molecule has 0 aliphatic carbocycles. The van der Waals surface area contributed by atoms with Crippen LogP contribution < -0.4 is 0 Å². The van der Waals surface area contributed by atoms with Gasteiger partial charge in [0.2, 0.25) is 0 Å². The fraction of sp³-hybridized carbons (Fsp3) is 0.250. The molecule has 0 amide bonds. The molecular formula is C8H2ClF5N2. The molecule has 0 aliphatic rings. The van der Waals surface area contributed by atoms with E-state index in [2.05, 4.69) is 4.98 Å². The van der Waals surface area contributed by atoms with Gasteiger partial charge in [0.25, 0.3) is 6.43 Å². The van der Waals surface area contributed by atoms with Gasteiger partial charge < -0.3 is 0 Å². The predicted molar refractivity (Wildman–Crippen MR) is 43.9 cm³/mol. The second-order valence-corrected chi connectivity index (χ2v) is 3.07. The minimum atomic E-state index is -4.99. The Balaban J connectivity index is 3.50. The van der Waals surface area contributed by atoms with E-state index >= 15 is 0 Å². The van der Waals surface area contributed by atoms with Gasteiger partial charge in [0.1, 0.15) is 11.8 Å². The smallest absolute Gasteiger partial charge is 0.234 e. The van der Waals surface area contributed by atoms with E-state index in [9.17, 15) is 22.0 Å². The molecule has 2 nitrogen and oxygen atoms in total. The molecule has 0 bridgehead atoms. The molecule has 0 radical (unpaired) electrons. The van der Waals surface area contributed by atoms with Gasteiger partial charge in [0.15, 0.2) is 5.69 Å². The highest BCUT2D eigenvalue weighted by molar-refractivity contribution is 6.31. The predicted octanol–water partition coefficient (Wildman–Crippen LogP) is 3.56. The molecule has 0 aliphatic heterocycles. The van der Waals surface area contributed by atoms with Gasteiger partial charge in [0, 0.05) is 0 Å². The van der Waals surface area contributed by atoms with Crippen molar-refractivity contribution in [3.05, 3.63) is 28.0 Å². The maximum absolute atomic E-state index is 12.3. The van der Waals surface area contributed by atoms with E-state index < -0.39 is 34.6 Å². The van der Waals surface area contributed by atoms with Crippen molar-refractivity contribution in [2.24, 2.45) is 0 Å². The molecule has 1 rings (SSSR count). The van der Waals surface area contributed by atoms with Gasteiger partial charge in [-0.1, -0.05) is 11.6 Å². The van der Waals surface area contributed by atoms with Gasteiger partial charge in [-0.05, 0) is 6.07 Å². The van der Waals surface area contributed by atoms with E-state index in [1.165, 1.54) is 6.07 Å². The second-order valence-electron chi connectivity index (χ2n) is 2.66. The lowest BCUT2D eigenvalue weighted by Gasteiger charge is -2.12. The highest BCUT2D eigenvalue weighted by atomic mass is 35.5. The third-order valence-electron chi connectivity index (χ3n) is 1.62. The molecule has 86 valence electrons. The molecule has 0 fully saturated rings. The van der Waals surface area contributed by atoms with Crippen molar-refractivity contribution in [3.63, 3.8) is 0 Å². The summed E-state index contributed by atoms with van der Waals surface area (Å²) < 4.78 is 61.5. The van der Waals surface area contributed by atoms with Crippen LogP contribution in [-0.2, 0) is 6.18 Å². The zero-order chi connectivity index (χ0) is 12.5. The molecule has 1 aromatic heterocycles. The highest BCUT2D eigenvalue weighted by Crippen LogP contribution is 2.37. The van der Waals surface area contributed by atoms with Crippen molar-refractivity contribution in [2.75, 3.05) is 0 Å². The summed E-state index contributed by atoms with van der Waals surface area (Å²) in [7, 11) is 0. The first kappa shape index (κ1) is 12.6. The Morgan fingerprint density at radius 2 is 1.94 bits per heavy atom. The Morgan fingerprint density at radius 3 is 2.31 bits per heavy atom. The summed E-state index contributed by atoms with van der Waals surface area (Å²) in [6.07, 6.45) is -8.42. The van der Waals surface area contributed by atoms with Crippen molar-refractivity contribution < 1.29 is 22.0 Å². The molecule has 1 heterocycles. The topological polar surface area (TPSA) is 36.7 Å². The Morgan fingerprint density at radius 1 is 1.38 bits per heavy atom. The number of alkyl halides is 5. The van der Waals surface area contributed by atoms with Crippen LogP contribution in [0.5, 0.6) is 0 Å². The Labute approximate surface area is 91.3 Å². The third kappa shape index (κ3) is 2.39. The first-order valence-corrected chi connectivity index (χ1v) is 4.11. The van der Waals surface area contributed by atoms with Gasteiger partial charge in [-0.25, -0.2) is 13.8 Å². The Kier molecular flexibility index (Phi) is 3.33. The zero-order valence-electron chi connectivity index (χ0n) is 7.32. The molecular weight excluding hydrogens is 255 g/mol. The van der Waals surface area contributed by atoms with Gasteiger partial charge in [-0.15, -0.1) is 0 Å². The Hall–Kier alpha value is -1.42. The van der Waals surface area contributed by atoms with Crippen molar-refractivity contribution in [3.8, 4) is 6.07 Å². The number of hydrogen-bond donors (Lipinski definition) is 0. The summed E-state index contributed by atoms with van der Waals surface area (Å²) in [5, 5.41) is 7.78. The summed E-state index contributed by atoms with van der Waals surface area (Å²) in [5.41, 5.74) is -3.79. The van der Waals surface area contributed by atoms with E-state index in [0.29, 0.717) is 0 Å². The van der Waals surface area contributed by atoms with E-state index in [1.807, 2.05) is 0 Å². The lowest BCUT2D eigenvalue weighted by atomic mass is 10.1. The maximum Gasteiger partial charge on any atom is 0.418 e. The van der Waals surface area contributed by atoms with Crippen LogP contribution >= 0.6 is 11.6 Å². The van der Waals surface area contributed by atoms with Crippen molar-refractivity contribution in [2.45, 2.75) is 12.6 Å². The van der Waals surface area contributed by atoms with Gasteiger partial charge >= 0.3 is 6.18 Å². The van der Waals surface area contributed by atoms with E-state index in [0.717, 1.165) is 0 Å². The number of aromatic nitrogens is 1. The summed E-state index contributed by atoms with van der Waals surface area (Å²) in [5.74, 6) is 0. The number of nitrogens with zero attached hydrogens (tertiary/aromatic N) is 2. The second kappa shape index (κ2) is 4.22. The summed E-state index contributed by atoms with van der Waals surface area (Å²) >= 11 is 5.28. The molecule has 1 aromatic rings. The van der Waals surface area contributed by atoms with Crippen molar-refractivity contribution in [1.29, 1.82) is 5.26 Å². The largest absolute Gasteiger partial charge is 0.418 e. The lowest BCUT2D eigenvalue weighted by molar-refractivity contribution is -0.139. The van der Waals surface area contributed by atoms with Gasteiger partial charge in [-0.3, -0.25) is 0 Å². The van der Waals surface area contributed by atoms with Crippen LogP contribution in [-0.4, -0.2) is 4.98 Å². The average molecular weight is 257 g/mol. The molecule has 16 heavy (non-hydrogen) atoms. The van der Waals surface area contributed by atoms with Crippen LogP contribution in [0.4, 0.5) is 22.0 Å². The van der Waals surface area contributed by atoms with Crippen LogP contribution in [0, 0.1) is 11.3 Å². The zero-order valence-corrected chi connectivity index (χ0v) is 8.07.